The van der Waals surface area contributed by atoms with Crippen LogP contribution >= 0.6 is 11.6 Å². The number of rotatable bonds is 4. The summed E-state index contributed by atoms with van der Waals surface area (Å²) in [6.07, 6.45) is -0.763. The number of hydrogen-bond donors (Lipinski definition) is 4. The molecule has 2 aromatic carbocycles. The van der Waals surface area contributed by atoms with E-state index in [1.807, 2.05) is 31.1 Å². The molecular formula is C18H21ClN4O3. The van der Waals surface area contributed by atoms with Crippen LogP contribution < -0.4 is 25.6 Å². The standard InChI is InChI=1S/C18H21ClN4O3/c1-23(2)15-8-12(19)7-6-11(15)9-20-18(25)22-14-5-3-4-13-17(14)26-10-16(24)21-13/h3-8,16,21,24H,9-10H2,1-2H3,(H2,20,22,25). The fourth-order valence-corrected chi connectivity index (χ4v) is 2.90. The molecule has 3 rings (SSSR count). The van der Waals surface area contributed by atoms with E-state index < -0.39 is 6.23 Å². The fourth-order valence-electron chi connectivity index (χ4n) is 2.73. The van der Waals surface area contributed by atoms with Crippen LogP contribution in [0.1, 0.15) is 5.56 Å². The second kappa shape index (κ2) is 7.72. The maximum absolute atomic E-state index is 12.3. The third-order valence-corrected chi connectivity index (χ3v) is 4.17. The first kappa shape index (κ1) is 18.2. The van der Waals surface area contributed by atoms with Gasteiger partial charge in [-0.2, -0.15) is 0 Å². The number of benzene rings is 2. The molecule has 0 spiro atoms. The van der Waals surface area contributed by atoms with Gasteiger partial charge in [0.15, 0.2) is 12.0 Å². The Hall–Kier alpha value is -2.64. The van der Waals surface area contributed by atoms with Crippen LogP contribution in [-0.4, -0.2) is 38.1 Å². The first-order valence-corrected chi connectivity index (χ1v) is 8.53. The minimum atomic E-state index is -0.763. The van der Waals surface area contributed by atoms with E-state index in [2.05, 4.69) is 16.0 Å². The van der Waals surface area contributed by atoms with Gasteiger partial charge in [0, 0.05) is 31.4 Å². The number of amides is 2. The predicted molar refractivity (Wildman–Crippen MR) is 103 cm³/mol. The van der Waals surface area contributed by atoms with Gasteiger partial charge >= 0.3 is 6.03 Å². The smallest absolute Gasteiger partial charge is 0.319 e. The van der Waals surface area contributed by atoms with Gasteiger partial charge in [-0.05, 0) is 29.8 Å². The summed E-state index contributed by atoms with van der Waals surface area (Å²) in [5.41, 5.74) is 3.06. The normalized spacial score (nSPS) is 15.3. The second-order valence-electron chi connectivity index (χ2n) is 6.13. The van der Waals surface area contributed by atoms with Crippen molar-refractivity contribution < 1.29 is 14.6 Å². The summed E-state index contributed by atoms with van der Waals surface area (Å²) in [7, 11) is 3.84. The van der Waals surface area contributed by atoms with E-state index in [1.165, 1.54) is 0 Å². The Morgan fingerprint density at radius 3 is 2.96 bits per heavy atom. The number of para-hydroxylation sites is 1. The van der Waals surface area contributed by atoms with Gasteiger partial charge in [-0.15, -0.1) is 0 Å². The summed E-state index contributed by atoms with van der Waals surface area (Å²) in [6, 6.07) is 10.5. The van der Waals surface area contributed by atoms with Crippen LogP contribution in [-0.2, 0) is 6.54 Å². The molecule has 2 amide bonds. The molecule has 0 aromatic heterocycles. The molecular weight excluding hydrogens is 356 g/mol. The van der Waals surface area contributed by atoms with Gasteiger partial charge in [-0.3, -0.25) is 0 Å². The van der Waals surface area contributed by atoms with Crippen LogP contribution in [0.4, 0.5) is 21.9 Å². The van der Waals surface area contributed by atoms with Crippen molar-refractivity contribution in [1.29, 1.82) is 0 Å². The van der Waals surface area contributed by atoms with E-state index in [0.29, 0.717) is 28.7 Å². The highest BCUT2D eigenvalue weighted by Gasteiger charge is 2.20. The minimum absolute atomic E-state index is 0.115. The minimum Gasteiger partial charge on any atom is -0.485 e. The first-order chi connectivity index (χ1) is 12.4. The number of anilines is 3. The van der Waals surface area contributed by atoms with Crippen LogP contribution in [0.3, 0.4) is 0 Å². The summed E-state index contributed by atoms with van der Waals surface area (Å²) in [6.45, 7) is 0.466. The number of carbonyl (C=O) groups excluding carboxylic acids is 1. The highest BCUT2D eigenvalue weighted by atomic mass is 35.5. The molecule has 2 aromatic rings. The fraction of sp³-hybridized carbons (Fsp3) is 0.278. The first-order valence-electron chi connectivity index (χ1n) is 8.15. The zero-order chi connectivity index (χ0) is 18.7. The number of urea groups is 1. The summed E-state index contributed by atoms with van der Waals surface area (Å²) in [5.74, 6) is 0.508. The Morgan fingerprint density at radius 2 is 2.19 bits per heavy atom. The van der Waals surface area contributed by atoms with Crippen molar-refractivity contribution in [3.8, 4) is 5.75 Å². The SMILES string of the molecule is CN(C)c1cc(Cl)ccc1CNC(=O)Nc1cccc2c1OCC(O)N2. The lowest BCUT2D eigenvalue weighted by atomic mass is 10.1. The molecule has 0 aliphatic carbocycles. The average molecular weight is 377 g/mol. The molecule has 1 aliphatic rings. The molecule has 0 saturated heterocycles. The lowest BCUT2D eigenvalue weighted by Gasteiger charge is -2.25. The summed E-state index contributed by atoms with van der Waals surface area (Å²) in [4.78, 5) is 14.2. The Balaban J connectivity index is 1.67. The molecule has 0 bridgehead atoms. The zero-order valence-electron chi connectivity index (χ0n) is 14.5. The Labute approximate surface area is 156 Å². The predicted octanol–water partition coefficient (Wildman–Crippen LogP) is 2.85. The lowest BCUT2D eigenvalue weighted by molar-refractivity contribution is 0.120. The van der Waals surface area contributed by atoms with E-state index in [9.17, 15) is 9.90 Å². The highest BCUT2D eigenvalue weighted by Crippen LogP contribution is 2.36. The maximum Gasteiger partial charge on any atom is 0.319 e. The van der Waals surface area contributed by atoms with Crippen molar-refractivity contribution in [2.24, 2.45) is 0 Å². The lowest BCUT2D eigenvalue weighted by Crippen LogP contribution is -2.32. The third-order valence-electron chi connectivity index (χ3n) is 3.94. The van der Waals surface area contributed by atoms with E-state index in [1.54, 1.807) is 24.3 Å². The average Bonchev–Trinajstić information content (AvgIpc) is 2.60. The van der Waals surface area contributed by atoms with Gasteiger partial charge in [-0.25, -0.2) is 4.79 Å². The molecule has 0 radical (unpaired) electrons. The van der Waals surface area contributed by atoms with Crippen LogP contribution in [0.25, 0.3) is 0 Å². The molecule has 1 heterocycles. The van der Waals surface area contributed by atoms with Crippen LogP contribution in [0, 0.1) is 0 Å². The second-order valence-corrected chi connectivity index (χ2v) is 6.56. The number of nitrogens with one attached hydrogen (secondary N) is 3. The number of aliphatic hydroxyl groups is 1. The van der Waals surface area contributed by atoms with Gasteiger partial charge in [0.2, 0.25) is 0 Å². The molecule has 1 atom stereocenters. The summed E-state index contributed by atoms with van der Waals surface area (Å²) >= 11 is 6.04. The van der Waals surface area contributed by atoms with Crippen molar-refractivity contribution in [1.82, 2.24) is 5.32 Å². The van der Waals surface area contributed by atoms with Crippen molar-refractivity contribution >= 4 is 34.7 Å². The van der Waals surface area contributed by atoms with E-state index >= 15 is 0 Å². The molecule has 4 N–H and O–H groups in total. The number of hydrogen-bond acceptors (Lipinski definition) is 5. The van der Waals surface area contributed by atoms with E-state index in [0.717, 1.165) is 11.3 Å². The van der Waals surface area contributed by atoms with E-state index in [4.69, 9.17) is 16.3 Å². The summed E-state index contributed by atoms with van der Waals surface area (Å²) < 4.78 is 5.52. The molecule has 7 nitrogen and oxygen atoms in total. The molecule has 26 heavy (non-hydrogen) atoms. The van der Waals surface area contributed by atoms with Crippen molar-refractivity contribution in [2.75, 3.05) is 36.2 Å². The molecule has 0 fully saturated rings. The number of aliphatic hydroxyl groups excluding tert-OH is 1. The summed E-state index contributed by atoms with van der Waals surface area (Å²) in [5, 5.41) is 18.7. The molecule has 0 saturated carbocycles. The molecule has 1 unspecified atom stereocenters. The number of fused-ring (bicyclic) bond motifs is 1. The van der Waals surface area contributed by atoms with Crippen LogP contribution in [0.2, 0.25) is 5.02 Å². The third kappa shape index (κ3) is 4.12. The Kier molecular flexibility index (Phi) is 5.39. The quantitative estimate of drug-likeness (QED) is 0.659. The largest absolute Gasteiger partial charge is 0.485 e. The number of carbonyl (C=O) groups is 1. The van der Waals surface area contributed by atoms with E-state index in [-0.39, 0.29) is 12.6 Å². The van der Waals surface area contributed by atoms with Crippen molar-refractivity contribution in [3.63, 3.8) is 0 Å². The van der Waals surface area contributed by atoms with Crippen LogP contribution in [0.5, 0.6) is 5.75 Å². The molecule has 138 valence electrons. The van der Waals surface area contributed by atoms with Crippen molar-refractivity contribution in [2.45, 2.75) is 12.8 Å². The van der Waals surface area contributed by atoms with Gasteiger partial charge in [-0.1, -0.05) is 23.7 Å². The van der Waals surface area contributed by atoms with Gasteiger partial charge in [0.25, 0.3) is 0 Å². The highest BCUT2D eigenvalue weighted by molar-refractivity contribution is 6.30. The molecule has 8 heteroatoms. The maximum atomic E-state index is 12.3. The number of halogens is 1. The van der Waals surface area contributed by atoms with Gasteiger partial charge in [0.1, 0.15) is 6.61 Å². The Morgan fingerprint density at radius 1 is 1.38 bits per heavy atom. The monoisotopic (exact) mass is 376 g/mol. The van der Waals surface area contributed by atoms with Gasteiger partial charge in [0.05, 0.1) is 11.4 Å². The Bertz CT molecular complexity index is 813. The number of nitrogens with zero attached hydrogens (tertiary/aromatic N) is 1. The van der Waals surface area contributed by atoms with Gasteiger partial charge < -0.3 is 30.7 Å². The molecule has 1 aliphatic heterocycles. The topological polar surface area (TPSA) is 85.9 Å². The zero-order valence-corrected chi connectivity index (χ0v) is 15.3. The van der Waals surface area contributed by atoms with Crippen molar-refractivity contribution in [3.05, 3.63) is 47.0 Å². The number of ether oxygens (including phenoxy) is 1. The van der Waals surface area contributed by atoms with Crippen LogP contribution in [0.15, 0.2) is 36.4 Å².